The lowest BCUT2D eigenvalue weighted by molar-refractivity contribution is 0.369. The van der Waals surface area contributed by atoms with Gasteiger partial charge in [0, 0.05) is 11.6 Å². The summed E-state index contributed by atoms with van der Waals surface area (Å²) >= 11 is 0. The predicted octanol–water partition coefficient (Wildman–Crippen LogP) is 2.35. The van der Waals surface area contributed by atoms with Gasteiger partial charge < -0.3 is 5.32 Å². The predicted molar refractivity (Wildman–Crippen MR) is 53.8 cm³/mol. The standard InChI is InChI=1S/C12H14FN/c13-12-9-3-1-2-8(9)4-5-10(12)11-6-7-14-11/h4-5,11,14H,1-3,6-7H2/t11-/m0/s1. The summed E-state index contributed by atoms with van der Waals surface area (Å²) in [6, 6.07) is 4.36. The minimum Gasteiger partial charge on any atom is -0.310 e. The molecule has 1 nitrogen and oxygen atoms in total. The molecule has 1 fully saturated rings. The van der Waals surface area contributed by atoms with Crippen molar-refractivity contribution >= 4 is 0 Å². The molecule has 0 bridgehead atoms. The van der Waals surface area contributed by atoms with Crippen molar-refractivity contribution in [2.45, 2.75) is 31.7 Å². The number of hydrogen-bond donors (Lipinski definition) is 1. The number of rotatable bonds is 1. The Morgan fingerprint density at radius 1 is 1.29 bits per heavy atom. The zero-order chi connectivity index (χ0) is 9.54. The van der Waals surface area contributed by atoms with Crippen LogP contribution < -0.4 is 5.32 Å². The van der Waals surface area contributed by atoms with Crippen LogP contribution in [0.4, 0.5) is 4.39 Å². The second-order valence-electron chi connectivity index (χ2n) is 4.26. The van der Waals surface area contributed by atoms with E-state index in [1.807, 2.05) is 6.07 Å². The number of halogens is 1. The second kappa shape index (κ2) is 3.06. The highest BCUT2D eigenvalue weighted by atomic mass is 19.1. The maximum atomic E-state index is 14.0. The van der Waals surface area contributed by atoms with Crippen LogP contribution in [0, 0.1) is 5.82 Å². The molecule has 1 aliphatic carbocycles. The Labute approximate surface area is 83.3 Å². The Hall–Kier alpha value is -0.890. The van der Waals surface area contributed by atoms with Gasteiger partial charge in [-0.15, -0.1) is 0 Å². The number of aryl methyl sites for hydroxylation is 1. The van der Waals surface area contributed by atoms with Crippen LogP contribution >= 0.6 is 0 Å². The normalized spacial score (nSPS) is 24.5. The lowest BCUT2D eigenvalue weighted by atomic mass is 9.94. The van der Waals surface area contributed by atoms with Gasteiger partial charge in [0.05, 0.1) is 0 Å². The van der Waals surface area contributed by atoms with Crippen LogP contribution in [-0.2, 0) is 12.8 Å². The van der Waals surface area contributed by atoms with Crippen molar-refractivity contribution in [3.05, 3.63) is 34.6 Å². The maximum Gasteiger partial charge on any atom is 0.131 e. The van der Waals surface area contributed by atoms with Gasteiger partial charge in [0.15, 0.2) is 0 Å². The van der Waals surface area contributed by atoms with E-state index < -0.39 is 0 Å². The summed E-state index contributed by atoms with van der Waals surface area (Å²) in [7, 11) is 0. The molecule has 14 heavy (non-hydrogen) atoms. The third kappa shape index (κ3) is 1.10. The molecule has 0 radical (unpaired) electrons. The zero-order valence-electron chi connectivity index (χ0n) is 8.15. The summed E-state index contributed by atoms with van der Waals surface area (Å²) in [5.74, 6) is 0.0669. The van der Waals surface area contributed by atoms with Gasteiger partial charge in [-0.3, -0.25) is 0 Å². The second-order valence-corrected chi connectivity index (χ2v) is 4.26. The van der Waals surface area contributed by atoms with Gasteiger partial charge in [0.1, 0.15) is 5.82 Å². The van der Waals surface area contributed by atoms with E-state index in [0.29, 0.717) is 0 Å². The summed E-state index contributed by atoms with van der Waals surface area (Å²) in [5, 5.41) is 3.25. The van der Waals surface area contributed by atoms with Crippen LogP contribution in [0.25, 0.3) is 0 Å². The van der Waals surface area contributed by atoms with Crippen LogP contribution in [0.15, 0.2) is 12.1 Å². The fraction of sp³-hybridized carbons (Fsp3) is 0.500. The molecule has 1 heterocycles. The smallest absolute Gasteiger partial charge is 0.131 e. The molecule has 0 unspecified atom stereocenters. The van der Waals surface area contributed by atoms with Gasteiger partial charge in [-0.05, 0) is 43.4 Å². The third-order valence-electron chi connectivity index (χ3n) is 3.44. The summed E-state index contributed by atoms with van der Waals surface area (Å²) in [6.45, 7) is 1.03. The summed E-state index contributed by atoms with van der Waals surface area (Å²) in [4.78, 5) is 0. The summed E-state index contributed by atoms with van der Waals surface area (Å²) in [6.07, 6.45) is 4.19. The highest BCUT2D eigenvalue weighted by Crippen LogP contribution is 2.32. The van der Waals surface area contributed by atoms with E-state index in [9.17, 15) is 4.39 Å². The molecule has 0 spiro atoms. The van der Waals surface area contributed by atoms with Crippen LogP contribution in [0.3, 0.4) is 0 Å². The highest BCUT2D eigenvalue weighted by Gasteiger charge is 2.25. The van der Waals surface area contributed by atoms with Crippen molar-refractivity contribution in [2.24, 2.45) is 0 Å². The largest absolute Gasteiger partial charge is 0.310 e. The molecule has 1 aliphatic heterocycles. The van der Waals surface area contributed by atoms with Crippen LogP contribution in [0.2, 0.25) is 0 Å². The van der Waals surface area contributed by atoms with E-state index in [4.69, 9.17) is 0 Å². The Morgan fingerprint density at radius 2 is 2.14 bits per heavy atom. The molecule has 1 saturated heterocycles. The quantitative estimate of drug-likeness (QED) is 0.718. The first-order chi connectivity index (χ1) is 6.86. The first-order valence-corrected chi connectivity index (χ1v) is 5.40. The summed E-state index contributed by atoms with van der Waals surface area (Å²) in [5.41, 5.74) is 3.10. The first kappa shape index (κ1) is 8.42. The van der Waals surface area contributed by atoms with Crippen molar-refractivity contribution < 1.29 is 4.39 Å². The van der Waals surface area contributed by atoms with E-state index in [2.05, 4.69) is 11.4 Å². The third-order valence-corrected chi connectivity index (χ3v) is 3.44. The fourth-order valence-electron chi connectivity index (χ4n) is 2.46. The van der Waals surface area contributed by atoms with E-state index >= 15 is 0 Å². The maximum absolute atomic E-state index is 14.0. The zero-order valence-corrected chi connectivity index (χ0v) is 8.15. The molecule has 3 rings (SSSR count). The van der Waals surface area contributed by atoms with Crippen molar-refractivity contribution in [3.63, 3.8) is 0 Å². The van der Waals surface area contributed by atoms with Gasteiger partial charge in [-0.2, -0.15) is 0 Å². The van der Waals surface area contributed by atoms with E-state index in [-0.39, 0.29) is 11.9 Å². The van der Waals surface area contributed by atoms with Crippen molar-refractivity contribution in [1.29, 1.82) is 0 Å². The molecule has 0 saturated carbocycles. The van der Waals surface area contributed by atoms with Gasteiger partial charge >= 0.3 is 0 Å². The number of nitrogens with one attached hydrogen (secondary N) is 1. The molecule has 74 valence electrons. The molecular weight excluding hydrogens is 177 g/mol. The number of benzene rings is 1. The summed E-state index contributed by atoms with van der Waals surface area (Å²) < 4.78 is 14.0. The van der Waals surface area contributed by atoms with Crippen molar-refractivity contribution in [2.75, 3.05) is 6.54 Å². The molecule has 1 aromatic carbocycles. The molecule has 1 aromatic rings. The molecule has 1 atom stereocenters. The molecule has 2 heteroatoms. The van der Waals surface area contributed by atoms with E-state index in [1.54, 1.807) is 0 Å². The lowest BCUT2D eigenvalue weighted by Crippen LogP contribution is -2.35. The minimum absolute atomic E-state index is 0.0669. The van der Waals surface area contributed by atoms with E-state index in [1.165, 1.54) is 5.56 Å². The van der Waals surface area contributed by atoms with Crippen LogP contribution in [0.1, 0.15) is 35.6 Å². The SMILES string of the molecule is Fc1c([C@@H]2CCN2)ccc2c1CCC2. The minimum atomic E-state index is 0.0669. The molecule has 0 amide bonds. The average molecular weight is 191 g/mol. The van der Waals surface area contributed by atoms with E-state index in [0.717, 1.165) is 43.4 Å². The first-order valence-electron chi connectivity index (χ1n) is 5.40. The molecule has 0 aromatic heterocycles. The average Bonchev–Trinajstić information content (AvgIpc) is 2.55. The van der Waals surface area contributed by atoms with Crippen molar-refractivity contribution in [3.8, 4) is 0 Å². The topological polar surface area (TPSA) is 12.0 Å². The number of fused-ring (bicyclic) bond motifs is 1. The Bertz CT molecular complexity index is 369. The van der Waals surface area contributed by atoms with Gasteiger partial charge in [-0.25, -0.2) is 4.39 Å². The van der Waals surface area contributed by atoms with Crippen molar-refractivity contribution in [1.82, 2.24) is 5.32 Å². The lowest BCUT2D eigenvalue weighted by Gasteiger charge is -2.28. The fourth-order valence-corrected chi connectivity index (χ4v) is 2.46. The van der Waals surface area contributed by atoms with Gasteiger partial charge in [-0.1, -0.05) is 12.1 Å². The van der Waals surface area contributed by atoms with Gasteiger partial charge in [0.25, 0.3) is 0 Å². The Morgan fingerprint density at radius 3 is 2.86 bits per heavy atom. The molecular formula is C12H14FN. The molecule has 2 aliphatic rings. The highest BCUT2D eigenvalue weighted by molar-refractivity contribution is 5.38. The van der Waals surface area contributed by atoms with Crippen LogP contribution in [0.5, 0.6) is 0 Å². The number of hydrogen-bond acceptors (Lipinski definition) is 1. The van der Waals surface area contributed by atoms with Gasteiger partial charge in [0.2, 0.25) is 0 Å². The van der Waals surface area contributed by atoms with Crippen LogP contribution in [-0.4, -0.2) is 6.54 Å². The Kier molecular flexibility index (Phi) is 1.84. The molecule has 1 N–H and O–H groups in total. The Balaban J connectivity index is 2.05. The monoisotopic (exact) mass is 191 g/mol.